The van der Waals surface area contributed by atoms with Gasteiger partial charge in [-0.3, -0.25) is 0 Å². The zero-order chi connectivity index (χ0) is 18.1. The molecule has 7 heteroatoms. The highest BCUT2D eigenvalue weighted by atomic mass is 16.5. The molecule has 0 aromatic carbocycles. The van der Waals surface area contributed by atoms with Gasteiger partial charge in [-0.1, -0.05) is 6.07 Å². The number of pyridine rings is 1. The minimum Gasteiger partial charge on any atom is -0.385 e. The van der Waals surface area contributed by atoms with Crippen molar-refractivity contribution in [2.75, 3.05) is 26.8 Å². The Kier molecular flexibility index (Phi) is 7.40. The fourth-order valence-corrected chi connectivity index (χ4v) is 2.43. The van der Waals surface area contributed by atoms with E-state index < -0.39 is 0 Å². The fraction of sp³-hybridized carbons (Fsp3) is 0.500. The molecule has 2 rings (SSSR count). The van der Waals surface area contributed by atoms with Crippen LogP contribution in [0.15, 0.2) is 29.4 Å². The van der Waals surface area contributed by atoms with Gasteiger partial charge in [0.05, 0.1) is 12.2 Å². The van der Waals surface area contributed by atoms with E-state index in [1.807, 2.05) is 42.9 Å². The number of hydrogen-bond acceptors (Lipinski definition) is 4. The summed E-state index contributed by atoms with van der Waals surface area (Å²) in [4.78, 5) is 9.10. The van der Waals surface area contributed by atoms with Crippen LogP contribution in [-0.2, 0) is 11.3 Å². The van der Waals surface area contributed by atoms with Crippen LogP contribution in [0.5, 0.6) is 0 Å². The molecule has 0 unspecified atom stereocenters. The summed E-state index contributed by atoms with van der Waals surface area (Å²) in [5.41, 5.74) is 3.12. The molecule has 2 aromatic rings. The first kappa shape index (κ1) is 18.9. The minimum atomic E-state index is 0.573. The maximum Gasteiger partial charge on any atom is 0.191 e. The van der Waals surface area contributed by atoms with E-state index in [2.05, 4.69) is 32.6 Å². The molecule has 7 nitrogen and oxygen atoms in total. The summed E-state index contributed by atoms with van der Waals surface area (Å²) in [7, 11) is 1.71. The van der Waals surface area contributed by atoms with Crippen LogP contribution < -0.4 is 10.6 Å². The summed E-state index contributed by atoms with van der Waals surface area (Å²) in [6, 6.07) is 6.05. The van der Waals surface area contributed by atoms with Gasteiger partial charge in [0.2, 0.25) is 0 Å². The minimum absolute atomic E-state index is 0.573. The Hall–Kier alpha value is -2.41. The molecule has 0 saturated carbocycles. The number of nitrogens with one attached hydrogen (secondary N) is 2. The third kappa shape index (κ3) is 5.86. The Bertz CT molecular complexity index is 677. The van der Waals surface area contributed by atoms with E-state index in [0.29, 0.717) is 6.54 Å². The Morgan fingerprint density at radius 1 is 1.28 bits per heavy atom. The van der Waals surface area contributed by atoms with Crippen molar-refractivity contribution in [1.82, 2.24) is 25.4 Å². The first-order valence-corrected chi connectivity index (χ1v) is 8.63. The number of aliphatic imine (C=N–C) groups is 1. The number of hydrogen-bond donors (Lipinski definition) is 2. The lowest BCUT2D eigenvalue weighted by molar-refractivity contribution is 0.195. The van der Waals surface area contributed by atoms with Gasteiger partial charge >= 0.3 is 0 Å². The molecule has 0 saturated heterocycles. The number of aryl methyl sites for hydroxylation is 2. The second-order valence-corrected chi connectivity index (χ2v) is 5.83. The average molecular weight is 344 g/mol. The van der Waals surface area contributed by atoms with Crippen molar-refractivity contribution in [3.63, 3.8) is 0 Å². The monoisotopic (exact) mass is 344 g/mol. The lowest BCUT2D eigenvalue weighted by Crippen LogP contribution is -2.38. The second-order valence-electron chi connectivity index (χ2n) is 5.83. The van der Waals surface area contributed by atoms with Crippen LogP contribution in [0.4, 0.5) is 0 Å². The topological polar surface area (TPSA) is 76.4 Å². The average Bonchev–Trinajstić information content (AvgIpc) is 2.95. The molecule has 2 heterocycles. The van der Waals surface area contributed by atoms with Gasteiger partial charge in [-0.2, -0.15) is 5.10 Å². The van der Waals surface area contributed by atoms with Gasteiger partial charge in [0.1, 0.15) is 0 Å². The third-order valence-corrected chi connectivity index (χ3v) is 3.62. The van der Waals surface area contributed by atoms with E-state index in [0.717, 1.165) is 54.8 Å². The van der Waals surface area contributed by atoms with Crippen molar-refractivity contribution >= 4 is 5.96 Å². The van der Waals surface area contributed by atoms with Crippen molar-refractivity contribution < 1.29 is 4.74 Å². The molecule has 0 aliphatic carbocycles. The van der Waals surface area contributed by atoms with Crippen LogP contribution >= 0.6 is 0 Å². The van der Waals surface area contributed by atoms with E-state index in [-0.39, 0.29) is 0 Å². The van der Waals surface area contributed by atoms with E-state index in [1.54, 1.807) is 7.11 Å². The highest BCUT2D eigenvalue weighted by Crippen LogP contribution is 2.10. The lowest BCUT2D eigenvalue weighted by Gasteiger charge is -2.11. The predicted octanol–water partition coefficient (Wildman–Crippen LogP) is 1.98. The van der Waals surface area contributed by atoms with Crippen LogP contribution in [0.3, 0.4) is 0 Å². The van der Waals surface area contributed by atoms with Crippen LogP contribution in [-0.4, -0.2) is 47.5 Å². The molecule has 0 atom stereocenters. The molecular weight excluding hydrogens is 316 g/mol. The largest absolute Gasteiger partial charge is 0.385 e. The molecule has 0 bridgehead atoms. The van der Waals surface area contributed by atoms with Crippen molar-refractivity contribution in [3.8, 4) is 5.82 Å². The molecule has 0 aliphatic heterocycles. The fourth-order valence-electron chi connectivity index (χ4n) is 2.43. The molecule has 2 N–H and O–H groups in total. The van der Waals surface area contributed by atoms with Crippen LogP contribution in [0.25, 0.3) is 5.82 Å². The Labute approximate surface area is 149 Å². The lowest BCUT2D eigenvalue weighted by atomic mass is 10.3. The third-order valence-electron chi connectivity index (χ3n) is 3.62. The summed E-state index contributed by atoms with van der Waals surface area (Å²) < 4.78 is 6.91. The molecule has 0 aliphatic rings. The van der Waals surface area contributed by atoms with Gasteiger partial charge in [0.25, 0.3) is 0 Å². The van der Waals surface area contributed by atoms with Gasteiger partial charge in [-0.05, 0) is 44.9 Å². The summed E-state index contributed by atoms with van der Waals surface area (Å²) >= 11 is 0. The first-order chi connectivity index (χ1) is 12.1. The summed E-state index contributed by atoms with van der Waals surface area (Å²) in [5.74, 6) is 1.63. The van der Waals surface area contributed by atoms with Crippen LogP contribution in [0, 0.1) is 13.8 Å². The van der Waals surface area contributed by atoms with Crippen molar-refractivity contribution in [3.05, 3.63) is 41.3 Å². The smallest absolute Gasteiger partial charge is 0.191 e. The number of rotatable bonds is 8. The maximum atomic E-state index is 5.05. The summed E-state index contributed by atoms with van der Waals surface area (Å²) in [5, 5.41) is 11.0. The van der Waals surface area contributed by atoms with Crippen LogP contribution in [0.2, 0.25) is 0 Å². The standard InChI is InChI=1S/C18H28N6O/c1-5-19-18(20-9-6-10-25-4)22-13-16-7-8-17(21-12-16)24-15(3)11-14(2)23-24/h7-8,11-12H,5-6,9-10,13H2,1-4H3,(H2,19,20,22). The normalized spacial score (nSPS) is 11.6. The highest BCUT2D eigenvalue weighted by Gasteiger charge is 2.05. The number of methoxy groups -OCH3 is 1. The van der Waals surface area contributed by atoms with E-state index in [9.17, 15) is 0 Å². The van der Waals surface area contributed by atoms with E-state index in [1.165, 1.54) is 0 Å². The first-order valence-electron chi connectivity index (χ1n) is 8.63. The van der Waals surface area contributed by atoms with Crippen molar-refractivity contribution in [2.45, 2.75) is 33.7 Å². The van der Waals surface area contributed by atoms with Gasteiger partial charge in [0.15, 0.2) is 11.8 Å². The Balaban J connectivity index is 1.97. The van der Waals surface area contributed by atoms with Gasteiger partial charge in [-0.15, -0.1) is 0 Å². The SMILES string of the molecule is CCNC(=NCc1ccc(-n2nc(C)cc2C)nc1)NCCCOC. The molecule has 25 heavy (non-hydrogen) atoms. The number of aromatic nitrogens is 3. The number of ether oxygens (including phenoxy) is 1. The zero-order valence-electron chi connectivity index (χ0n) is 15.5. The van der Waals surface area contributed by atoms with Crippen molar-refractivity contribution in [1.29, 1.82) is 0 Å². The van der Waals surface area contributed by atoms with Crippen LogP contribution in [0.1, 0.15) is 30.3 Å². The molecule has 136 valence electrons. The molecular formula is C18H28N6O. The predicted molar refractivity (Wildman–Crippen MR) is 100 cm³/mol. The Morgan fingerprint density at radius 2 is 2.12 bits per heavy atom. The van der Waals surface area contributed by atoms with Gasteiger partial charge < -0.3 is 15.4 Å². The molecule has 0 spiro atoms. The maximum absolute atomic E-state index is 5.05. The van der Waals surface area contributed by atoms with E-state index >= 15 is 0 Å². The number of nitrogens with zero attached hydrogens (tertiary/aromatic N) is 4. The molecule has 2 aromatic heterocycles. The quantitative estimate of drug-likeness (QED) is 0.435. The van der Waals surface area contributed by atoms with Gasteiger partial charge in [0, 0.05) is 38.7 Å². The van der Waals surface area contributed by atoms with Crippen molar-refractivity contribution in [2.24, 2.45) is 4.99 Å². The highest BCUT2D eigenvalue weighted by molar-refractivity contribution is 5.79. The molecule has 0 fully saturated rings. The summed E-state index contributed by atoms with van der Waals surface area (Å²) in [6.07, 6.45) is 2.80. The van der Waals surface area contributed by atoms with Gasteiger partial charge in [-0.25, -0.2) is 14.7 Å². The number of guanidine groups is 1. The van der Waals surface area contributed by atoms with E-state index in [4.69, 9.17) is 4.74 Å². The molecule has 0 amide bonds. The Morgan fingerprint density at radius 3 is 2.72 bits per heavy atom. The molecule has 0 radical (unpaired) electrons. The zero-order valence-corrected chi connectivity index (χ0v) is 15.5. The second kappa shape index (κ2) is 9.78. The summed E-state index contributed by atoms with van der Waals surface area (Å²) in [6.45, 7) is 9.03.